The van der Waals surface area contributed by atoms with Crippen molar-refractivity contribution >= 4 is 17.2 Å². The van der Waals surface area contributed by atoms with Gasteiger partial charge in [0.05, 0.1) is 0 Å². The number of aryl methyl sites for hydroxylation is 1. The van der Waals surface area contributed by atoms with Crippen LogP contribution in [0.4, 0.5) is 0 Å². The third-order valence-corrected chi connectivity index (χ3v) is 2.40. The molecule has 1 heterocycles. The maximum Gasteiger partial charge on any atom is 0.120 e. The average molecular weight is 187 g/mol. The van der Waals surface area contributed by atoms with E-state index in [0.717, 1.165) is 19.3 Å². The number of hydrogen-bond acceptors (Lipinski definition) is 1. The number of nitrogens with zero attached hydrogens (tertiary/aromatic N) is 1. The highest BCUT2D eigenvalue weighted by atomic mass is 16.1. The van der Waals surface area contributed by atoms with Crippen LogP contribution in [0.3, 0.4) is 0 Å². The van der Waals surface area contributed by atoms with Crippen molar-refractivity contribution in [1.82, 2.24) is 4.57 Å². The zero-order chi connectivity index (χ0) is 9.80. The minimum atomic E-state index is 0.645. The van der Waals surface area contributed by atoms with Gasteiger partial charge in [-0.15, -0.1) is 0 Å². The Balaban J connectivity index is 2.20. The Hall–Kier alpha value is -1.57. The lowest BCUT2D eigenvalue weighted by Gasteiger charge is -2.02. The van der Waals surface area contributed by atoms with Crippen LogP contribution in [-0.2, 0) is 11.3 Å². The number of fused-ring (bicyclic) bond motifs is 1. The lowest BCUT2D eigenvalue weighted by atomic mass is 10.2. The highest BCUT2D eigenvalue weighted by Gasteiger charge is 1.98. The van der Waals surface area contributed by atoms with E-state index in [-0.39, 0.29) is 0 Å². The number of aldehydes is 1. The van der Waals surface area contributed by atoms with Gasteiger partial charge in [0.2, 0.25) is 0 Å². The van der Waals surface area contributed by atoms with Crippen LogP contribution in [0, 0.1) is 0 Å². The maximum absolute atomic E-state index is 10.2. The summed E-state index contributed by atoms with van der Waals surface area (Å²) < 4.78 is 2.19. The first kappa shape index (κ1) is 9.00. The third-order valence-electron chi connectivity index (χ3n) is 2.40. The van der Waals surface area contributed by atoms with Crippen LogP contribution in [-0.4, -0.2) is 10.9 Å². The quantitative estimate of drug-likeness (QED) is 0.532. The molecule has 0 saturated heterocycles. The van der Waals surface area contributed by atoms with Gasteiger partial charge in [-0.2, -0.15) is 0 Å². The van der Waals surface area contributed by atoms with Crippen LogP contribution in [0.5, 0.6) is 0 Å². The standard InChI is InChI=1S/C12H13NO/c14-10-4-3-8-13-9-7-11-5-1-2-6-12(11)13/h1-2,5-7,9-10H,3-4,8H2. The topological polar surface area (TPSA) is 22.0 Å². The van der Waals surface area contributed by atoms with E-state index in [1.807, 2.05) is 12.1 Å². The van der Waals surface area contributed by atoms with Crippen molar-refractivity contribution < 1.29 is 4.79 Å². The van der Waals surface area contributed by atoms with Gasteiger partial charge >= 0.3 is 0 Å². The number of aromatic nitrogens is 1. The highest BCUT2D eigenvalue weighted by molar-refractivity contribution is 5.79. The minimum absolute atomic E-state index is 0.645. The SMILES string of the molecule is O=CCCCn1ccc2ccccc21. The van der Waals surface area contributed by atoms with E-state index in [1.54, 1.807) is 0 Å². The molecule has 0 bridgehead atoms. The zero-order valence-corrected chi connectivity index (χ0v) is 8.02. The van der Waals surface area contributed by atoms with Gasteiger partial charge in [0.15, 0.2) is 0 Å². The monoisotopic (exact) mass is 187 g/mol. The normalized spacial score (nSPS) is 10.6. The third kappa shape index (κ3) is 1.69. The molecule has 0 spiro atoms. The minimum Gasteiger partial charge on any atom is -0.347 e. The predicted octanol–water partition coefficient (Wildman–Crippen LogP) is 2.62. The molecule has 0 aliphatic heterocycles. The first-order valence-electron chi connectivity index (χ1n) is 4.89. The molecule has 2 rings (SSSR count). The molecule has 0 aliphatic carbocycles. The largest absolute Gasteiger partial charge is 0.347 e. The summed E-state index contributed by atoms with van der Waals surface area (Å²) >= 11 is 0. The summed E-state index contributed by atoms with van der Waals surface area (Å²) in [6.45, 7) is 0.923. The first-order valence-corrected chi connectivity index (χ1v) is 4.89. The smallest absolute Gasteiger partial charge is 0.120 e. The van der Waals surface area contributed by atoms with Crippen molar-refractivity contribution in [3.63, 3.8) is 0 Å². The fraction of sp³-hybridized carbons (Fsp3) is 0.250. The van der Waals surface area contributed by atoms with Gasteiger partial charge in [0, 0.05) is 24.7 Å². The van der Waals surface area contributed by atoms with E-state index in [9.17, 15) is 4.79 Å². The molecule has 0 fully saturated rings. The van der Waals surface area contributed by atoms with Crippen LogP contribution < -0.4 is 0 Å². The predicted molar refractivity (Wildman–Crippen MR) is 57.2 cm³/mol. The van der Waals surface area contributed by atoms with Gasteiger partial charge in [0.1, 0.15) is 6.29 Å². The van der Waals surface area contributed by atoms with Crippen LogP contribution >= 0.6 is 0 Å². The Morgan fingerprint density at radius 1 is 1.21 bits per heavy atom. The molecule has 2 heteroatoms. The number of para-hydroxylation sites is 1. The van der Waals surface area contributed by atoms with Gasteiger partial charge in [-0.05, 0) is 23.9 Å². The lowest BCUT2D eigenvalue weighted by molar-refractivity contribution is -0.107. The fourth-order valence-electron chi connectivity index (χ4n) is 1.68. The Morgan fingerprint density at radius 2 is 2.07 bits per heavy atom. The molecule has 1 aromatic heterocycles. The molecule has 0 unspecified atom stereocenters. The van der Waals surface area contributed by atoms with E-state index in [4.69, 9.17) is 0 Å². The molecule has 14 heavy (non-hydrogen) atoms. The van der Waals surface area contributed by atoms with Gasteiger partial charge in [-0.25, -0.2) is 0 Å². The molecule has 0 N–H and O–H groups in total. The van der Waals surface area contributed by atoms with E-state index in [2.05, 4.69) is 29.0 Å². The van der Waals surface area contributed by atoms with E-state index >= 15 is 0 Å². The Bertz CT molecular complexity index is 431. The Kier molecular flexibility index (Phi) is 2.63. The number of hydrogen-bond donors (Lipinski definition) is 0. The number of carbonyl (C=O) groups is 1. The molecular formula is C12H13NO. The molecule has 0 radical (unpaired) electrons. The molecule has 1 aromatic carbocycles. The Morgan fingerprint density at radius 3 is 2.93 bits per heavy atom. The summed E-state index contributed by atoms with van der Waals surface area (Å²) in [7, 11) is 0. The second-order valence-electron chi connectivity index (χ2n) is 3.38. The first-order chi connectivity index (χ1) is 6.92. The zero-order valence-electron chi connectivity index (χ0n) is 8.02. The van der Waals surface area contributed by atoms with Gasteiger partial charge in [-0.1, -0.05) is 18.2 Å². The Labute approximate surface area is 83.2 Å². The van der Waals surface area contributed by atoms with Crippen LogP contribution in [0.1, 0.15) is 12.8 Å². The van der Waals surface area contributed by atoms with E-state index < -0.39 is 0 Å². The highest BCUT2D eigenvalue weighted by Crippen LogP contribution is 2.15. The van der Waals surface area contributed by atoms with Gasteiger partial charge in [0.25, 0.3) is 0 Å². The van der Waals surface area contributed by atoms with E-state index in [0.29, 0.717) is 6.42 Å². The number of benzene rings is 1. The van der Waals surface area contributed by atoms with Crippen LogP contribution in [0.2, 0.25) is 0 Å². The summed E-state index contributed by atoms with van der Waals surface area (Å²) in [6.07, 6.45) is 4.62. The summed E-state index contributed by atoms with van der Waals surface area (Å²) in [5.41, 5.74) is 1.25. The van der Waals surface area contributed by atoms with E-state index in [1.165, 1.54) is 10.9 Å². The van der Waals surface area contributed by atoms with Gasteiger partial charge in [-0.3, -0.25) is 0 Å². The second-order valence-corrected chi connectivity index (χ2v) is 3.38. The molecule has 2 aromatic rings. The van der Waals surface area contributed by atoms with Crippen molar-refractivity contribution in [2.24, 2.45) is 0 Å². The molecule has 0 atom stereocenters. The van der Waals surface area contributed by atoms with Crippen molar-refractivity contribution in [2.45, 2.75) is 19.4 Å². The number of unbranched alkanes of at least 4 members (excludes halogenated alkanes) is 1. The average Bonchev–Trinajstić information content (AvgIpc) is 2.63. The lowest BCUT2D eigenvalue weighted by Crippen LogP contribution is -1.95. The van der Waals surface area contributed by atoms with Crippen LogP contribution in [0.15, 0.2) is 36.5 Å². The van der Waals surface area contributed by atoms with Crippen molar-refractivity contribution in [3.8, 4) is 0 Å². The summed E-state index contributed by atoms with van der Waals surface area (Å²) in [6, 6.07) is 10.4. The number of rotatable bonds is 4. The molecular weight excluding hydrogens is 174 g/mol. The summed E-state index contributed by atoms with van der Waals surface area (Å²) in [5.74, 6) is 0. The van der Waals surface area contributed by atoms with Crippen molar-refractivity contribution in [1.29, 1.82) is 0 Å². The molecule has 0 amide bonds. The van der Waals surface area contributed by atoms with Gasteiger partial charge < -0.3 is 9.36 Å². The van der Waals surface area contributed by atoms with Crippen LogP contribution in [0.25, 0.3) is 10.9 Å². The molecule has 2 nitrogen and oxygen atoms in total. The number of carbonyl (C=O) groups excluding carboxylic acids is 1. The van der Waals surface area contributed by atoms with Crippen molar-refractivity contribution in [2.75, 3.05) is 0 Å². The molecule has 72 valence electrons. The fourth-order valence-corrected chi connectivity index (χ4v) is 1.68. The molecule has 0 saturated carbocycles. The second kappa shape index (κ2) is 4.09. The summed E-state index contributed by atoms with van der Waals surface area (Å²) in [5, 5.41) is 1.26. The van der Waals surface area contributed by atoms with Crippen molar-refractivity contribution in [3.05, 3.63) is 36.5 Å². The summed E-state index contributed by atoms with van der Waals surface area (Å²) in [4.78, 5) is 10.2. The molecule has 0 aliphatic rings. The maximum atomic E-state index is 10.2.